The van der Waals surface area contributed by atoms with Crippen molar-refractivity contribution in [2.45, 2.75) is 45.3 Å². The van der Waals surface area contributed by atoms with Gasteiger partial charge in [-0.15, -0.1) is 0 Å². The Labute approximate surface area is 152 Å². The first-order valence-corrected chi connectivity index (χ1v) is 9.00. The molecule has 1 aromatic heterocycles. The van der Waals surface area contributed by atoms with Gasteiger partial charge in [0.25, 0.3) is 5.56 Å². The van der Waals surface area contributed by atoms with Crippen molar-refractivity contribution in [2.75, 3.05) is 13.7 Å². The number of halogens is 1. The summed E-state index contributed by atoms with van der Waals surface area (Å²) in [5.41, 5.74) is 1.20. The van der Waals surface area contributed by atoms with Crippen LogP contribution in [0, 0.1) is 0 Å². The summed E-state index contributed by atoms with van der Waals surface area (Å²) in [5.74, 6) is -0.452. The third-order valence-corrected chi connectivity index (χ3v) is 5.20. The zero-order chi connectivity index (χ0) is 18.0. The molecule has 1 aliphatic heterocycles. The van der Waals surface area contributed by atoms with Gasteiger partial charge in [-0.2, -0.15) is 0 Å². The van der Waals surface area contributed by atoms with Gasteiger partial charge in [0.15, 0.2) is 0 Å². The summed E-state index contributed by atoms with van der Waals surface area (Å²) >= 11 is 6.09. The summed E-state index contributed by atoms with van der Waals surface area (Å²) in [6.45, 7) is 3.68. The smallest absolute Gasteiger partial charge is 0.325 e. The molecule has 0 aliphatic carbocycles. The van der Waals surface area contributed by atoms with E-state index in [1.807, 2.05) is 12.1 Å². The van der Waals surface area contributed by atoms with Crippen LogP contribution in [0.5, 0.6) is 0 Å². The number of benzene rings is 1. The quantitative estimate of drug-likeness (QED) is 0.784. The largest absolute Gasteiger partial charge is 0.468 e. The number of carbonyl (C=O) groups is 1. The monoisotopic (exact) mass is 362 g/mol. The van der Waals surface area contributed by atoms with Gasteiger partial charge < -0.3 is 4.74 Å². The van der Waals surface area contributed by atoms with E-state index in [0.717, 1.165) is 24.8 Å². The predicted molar refractivity (Wildman–Crippen MR) is 99.0 cm³/mol. The number of fused-ring (bicyclic) bond motifs is 1. The number of likely N-dealkylation sites (tertiary alicyclic amines) is 1. The fourth-order valence-corrected chi connectivity index (χ4v) is 3.65. The minimum atomic E-state index is -0.452. The van der Waals surface area contributed by atoms with Crippen molar-refractivity contribution < 1.29 is 9.53 Å². The number of hydrogen-bond acceptors (Lipinski definition) is 4. The van der Waals surface area contributed by atoms with Crippen LogP contribution in [0.1, 0.15) is 31.7 Å². The maximum Gasteiger partial charge on any atom is 0.325 e. The molecule has 134 valence electrons. The Morgan fingerprint density at radius 2 is 2.12 bits per heavy atom. The van der Waals surface area contributed by atoms with Crippen LogP contribution in [-0.2, 0) is 22.6 Å². The van der Waals surface area contributed by atoms with E-state index in [1.165, 1.54) is 18.1 Å². The molecule has 0 bridgehead atoms. The van der Waals surface area contributed by atoms with E-state index in [1.54, 1.807) is 12.1 Å². The van der Waals surface area contributed by atoms with Crippen LogP contribution in [0.4, 0.5) is 0 Å². The zero-order valence-electron chi connectivity index (χ0n) is 14.6. The molecule has 0 saturated carbocycles. The lowest BCUT2D eigenvalue weighted by atomic mass is 10.0. The summed E-state index contributed by atoms with van der Waals surface area (Å²) in [6, 6.07) is 7.78. The second kappa shape index (κ2) is 7.58. The molecule has 0 unspecified atom stereocenters. The number of esters is 1. The van der Waals surface area contributed by atoms with E-state index in [-0.39, 0.29) is 12.1 Å². The number of nitrogens with zero attached hydrogens (tertiary/aromatic N) is 2. The Kier molecular flexibility index (Phi) is 5.45. The van der Waals surface area contributed by atoms with Crippen molar-refractivity contribution >= 4 is 28.5 Å². The van der Waals surface area contributed by atoms with Crippen LogP contribution in [0.25, 0.3) is 10.9 Å². The van der Waals surface area contributed by atoms with E-state index in [2.05, 4.69) is 11.8 Å². The predicted octanol–water partition coefficient (Wildman–Crippen LogP) is 3.20. The van der Waals surface area contributed by atoms with Gasteiger partial charge in [-0.05, 0) is 49.9 Å². The van der Waals surface area contributed by atoms with E-state index >= 15 is 0 Å². The number of ether oxygens (including phenoxy) is 1. The van der Waals surface area contributed by atoms with Crippen LogP contribution < -0.4 is 5.56 Å². The van der Waals surface area contributed by atoms with Crippen molar-refractivity contribution in [2.24, 2.45) is 0 Å². The van der Waals surface area contributed by atoms with Crippen LogP contribution in [0.3, 0.4) is 0 Å². The zero-order valence-corrected chi connectivity index (χ0v) is 15.4. The first-order chi connectivity index (χ1) is 12.0. The van der Waals surface area contributed by atoms with Gasteiger partial charge in [0.2, 0.25) is 0 Å². The van der Waals surface area contributed by atoms with Crippen molar-refractivity contribution in [3.05, 3.63) is 45.2 Å². The Bertz CT molecular complexity index is 846. The molecule has 2 heterocycles. The van der Waals surface area contributed by atoms with E-state index < -0.39 is 5.97 Å². The molecule has 1 aliphatic rings. The van der Waals surface area contributed by atoms with Gasteiger partial charge in [-0.25, -0.2) is 0 Å². The van der Waals surface area contributed by atoms with Crippen molar-refractivity contribution in [3.63, 3.8) is 0 Å². The van der Waals surface area contributed by atoms with Crippen molar-refractivity contribution in [1.82, 2.24) is 9.47 Å². The number of rotatable bonds is 4. The number of methoxy groups -OCH3 is 1. The highest BCUT2D eigenvalue weighted by atomic mass is 35.5. The van der Waals surface area contributed by atoms with Crippen LogP contribution >= 0.6 is 11.6 Å². The molecule has 1 atom stereocenters. The Balaban J connectivity index is 2.06. The van der Waals surface area contributed by atoms with Gasteiger partial charge in [-0.3, -0.25) is 19.1 Å². The molecule has 0 radical (unpaired) electrons. The first kappa shape index (κ1) is 18.0. The average Bonchev–Trinajstić information content (AvgIpc) is 2.60. The van der Waals surface area contributed by atoms with E-state index in [9.17, 15) is 9.59 Å². The molecule has 5 nitrogen and oxygen atoms in total. The lowest BCUT2D eigenvalue weighted by Gasteiger charge is -2.33. The Morgan fingerprint density at radius 1 is 1.32 bits per heavy atom. The average molecular weight is 363 g/mol. The Morgan fingerprint density at radius 3 is 2.84 bits per heavy atom. The summed E-state index contributed by atoms with van der Waals surface area (Å²) in [6.07, 6.45) is 3.55. The van der Waals surface area contributed by atoms with E-state index in [0.29, 0.717) is 28.7 Å². The normalized spacial score (nSPS) is 18.4. The molecule has 0 N–H and O–H groups in total. The maximum atomic E-state index is 13.0. The molecular formula is C19H23ClN2O3. The molecule has 6 heteroatoms. The van der Waals surface area contributed by atoms with Crippen molar-refractivity contribution in [1.29, 1.82) is 0 Å². The van der Waals surface area contributed by atoms with Crippen LogP contribution in [-0.4, -0.2) is 35.1 Å². The van der Waals surface area contributed by atoms with E-state index in [4.69, 9.17) is 16.3 Å². The van der Waals surface area contributed by atoms with Gasteiger partial charge in [0, 0.05) is 23.2 Å². The van der Waals surface area contributed by atoms with Gasteiger partial charge in [-0.1, -0.05) is 24.1 Å². The van der Waals surface area contributed by atoms with Gasteiger partial charge in [0.05, 0.1) is 12.6 Å². The summed E-state index contributed by atoms with van der Waals surface area (Å²) in [7, 11) is 1.32. The highest BCUT2D eigenvalue weighted by Crippen LogP contribution is 2.22. The van der Waals surface area contributed by atoms with Gasteiger partial charge in [0.1, 0.15) is 6.54 Å². The second-order valence-corrected chi connectivity index (χ2v) is 7.09. The summed E-state index contributed by atoms with van der Waals surface area (Å²) in [4.78, 5) is 27.1. The number of hydrogen-bond donors (Lipinski definition) is 0. The minimum Gasteiger partial charge on any atom is -0.468 e. The third kappa shape index (κ3) is 3.88. The molecular weight excluding hydrogens is 340 g/mol. The molecule has 0 amide bonds. The molecule has 1 saturated heterocycles. The molecule has 3 rings (SSSR count). The first-order valence-electron chi connectivity index (χ1n) is 8.62. The molecule has 1 fully saturated rings. The molecule has 25 heavy (non-hydrogen) atoms. The topological polar surface area (TPSA) is 51.5 Å². The van der Waals surface area contributed by atoms with Crippen LogP contribution in [0.15, 0.2) is 29.1 Å². The summed E-state index contributed by atoms with van der Waals surface area (Å²) < 4.78 is 6.22. The SMILES string of the molecule is COC(=O)Cn1c(=O)c(CN2CCCC[C@H]2C)cc2ccc(Cl)cc21. The fraction of sp³-hybridized carbons (Fsp3) is 0.474. The molecule has 2 aromatic rings. The minimum absolute atomic E-state index is 0.116. The van der Waals surface area contributed by atoms with Crippen molar-refractivity contribution in [3.8, 4) is 0 Å². The number of carbonyl (C=O) groups excluding carboxylic acids is 1. The standard InChI is InChI=1S/C19H23ClN2O3/c1-13-5-3-4-8-21(13)11-15-9-14-6-7-16(20)10-17(14)22(19(15)24)12-18(23)25-2/h6-7,9-10,13H,3-5,8,11-12H2,1-2H3/t13-/m1/s1. The number of piperidine rings is 1. The lowest BCUT2D eigenvalue weighted by molar-refractivity contribution is -0.141. The van der Waals surface area contributed by atoms with Gasteiger partial charge >= 0.3 is 5.97 Å². The highest BCUT2D eigenvalue weighted by Gasteiger charge is 2.21. The number of pyridine rings is 1. The molecule has 1 aromatic carbocycles. The fourth-order valence-electron chi connectivity index (χ4n) is 3.48. The van der Waals surface area contributed by atoms with Crippen LogP contribution in [0.2, 0.25) is 5.02 Å². The summed E-state index contributed by atoms with van der Waals surface area (Å²) in [5, 5.41) is 1.43. The third-order valence-electron chi connectivity index (χ3n) is 4.96. The Hall–Kier alpha value is -1.85. The lowest BCUT2D eigenvalue weighted by Crippen LogP contribution is -2.39. The maximum absolute atomic E-state index is 13.0. The number of aromatic nitrogens is 1. The second-order valence-electron chi connectivity index (χ2n) is 6.66. The highest BCUT2D eigenvalue weighted by molar-refractivity contribution is 6.31. The molecule has 0 spiro atoms.